The van der Waals surface area contributed by atoms with Crippen molar-refractivity contribution in [1.82, 2.24) is 5.32 Å². The van der Waals surface area contributed by atoms with E-state index in [9.17, 15) is 9.18 Å². The van der Waals surface area contributed by atoms with Crippen molar-refractivity contribution in [3.05, 3.63) is 65.5 Å². The van der Waals surface area contributed by atoms with Crippen molar-refractivity contribution in [2.24, 2.45) is 0 Å². The van der Waals surface area contributed by atoms with Gasteiger partial charge in [0.05, 0.1) is 7.11 Å². The van der Waals surface area contributed by atoms with Crippen LogP contribution in [0, 0.1) is 17.1 Å². The van der Waals surface area contributed by atoms with Crippen molar-refractivity contribution in [2.45, 2.75) is 6.54 Å². The smallest absolute Gasteiger partial charge is 0.244 e. The van der Waals surface area contributed by atoms with Crippen LogP contribution >= 0.6 is 0 Å². The van der Waals surface area contributed by atoms with E-state index in [0.717, 1.165) is 5.56 Å². The van der Waals surface area contributed by atoms with Crippen LogP contribution in [0.5, 0.6) is 11.5 Å². The van der Waals surface area contributed by atoms with E-state index in [2.05, 4.69) is 5.32 Å². The first-order chi connectivity index (χ1) is 12.1. The molecule has 0 saturated heterocycles. The van der Waals surface area contributed by atoms with E-state index in [0.29, 0.717) is 17.1 Å². The number of nitrogens with one attached hydrogen (secondary N) is 1. The molecule has 0 unspecified atom stereocenters. The Morgan fingerprint density at radius 3 is 2.80 bits per heavy atom. The van der Waals surface area contributed by atoms with E-state index >= 15 is 0 Å². The number of ether oxygens (including phenoxy) is 2. The van der Waals surface area contributed by atoms with Crippen molar-refractivity contribution in [3.63, 3.8) is 0 Å². The van der Waals surface area contributed by atoms with Crippen LogP contribution in [0.2, 0.25) is 0 Å². The summed E-state index contributed by atoms with van der Waals surface area (Å²) in [4.78, 5) is 11.9. The zero-order valence-electron chi connectivity index (χ0n) is 13.7. The lowest BCUT2D eigenvalue weighted by Gasteiger charge is -2.08. The van der Waals surface area contributed by atoms with Gasteiger partial charge < -0.3 is 14.8 Å². The molecule has 25 heavy (non-hydrogen) atoms. The molecule has 0 aliphatic heterocycles. The molecule has 6 heteroatoms. The lowest BCUT2D eigenvalue weighted by Crippen LogP contribution is -2.20. The molecule has 0 heterocycles. The number of amides is 1. The number of carbonyl (C=O) groups is 1. The molecule has 0 aliphatic rings. The van der Waals surface area contributed by atoms with Gasteiger partial charge >= 0.3 is 0 Å². The quantitative estimate of drug-likeness (QED) is 0.786. The van der Waals surface area contributed by atoms with Gasteiger partial charge in [0.2, 0.25) is 5.91 Å². The van der Waals surface area contributed by atoms with Crippen molar-refractivity contribution in [2.75, 3.05) is 13.7 Å². The van der Waals surface area contributed by atoms with Crippen LogP contribution in [-0.2, 0) is 11.3 Å². The maximum atomic E-state index is 13.5. The minimum absolute atomic E-state index is 0.0794. The van der Waals surface area contributed by atoms with Gasteiger partial charge in [-0.3, -0.25) is 4.79 Å². The summed E-state index contributed by atoms with van der Waals surface area (Å²) in [5.74, 6) is 0.214. The highest BCUT2D eigenvalue weighted by molar-refractivity contribution is 5.91. The Kier molecular flexibility index (Phi) is 6.55. The van der Waals surface area contributed by atoms with Crippen LogP contribution in [0.3, 0.4) is 0 Å². The summed E-state index contributed by atoms with van der Waals surface area (Å²) in [7, 11) is 1.49. The summed E-state index contributed by atoms with van der Waals surface area (Å²) < 4.78 is 23.9. The molecule has 0 aliphatic carbocycles. The van der Waals surface area contributed by atoms with E-state index in [-0.39, 0.29) is 24.9 Å². The molecule has 0 atom stereocenters. The minimum atomic E-state index is -0.357. The van der Waals surface area contributed by atoms with Gasteiger partial charge in [0.15, 0.2) is 18.1 Å². The Balaban J connectivity index is 1.97. The number of hydrogen-bond acceptors (Lipinski definition) is 4. The van der Waals surface area contributed by atoms with Crippen LogP contribution in [-0.4, -0.2) is 19.6 Å². The van der Waals surface area contributed by atoms with Crippen LogP contribution in [0.15, 0.2) is 48.5 Å². The number of benzene rings is 2. The molecule has 1 N–H and O–H groups in total. The second kappa shape index (κ2) is 9.08. The summed E-state index contributed by atoms with van der Waals surface area (Å²) in [6.07, 6.45) is 2.96. The molecule has 0 saturated carbocycles. The van der Waals surface area contributed by atoms with Crippen LogP contribution in [0.25, 0.3) is 6.08 Å². The number of halogens is 1. The Bertz CT molecular complexity index is 813. The molecule has 0 fully saturated rings. The summed E-state index contributed by atoms with van der Waals surface area (Å²) in [5, 5.41) is 11.2. The van der Waals surface area contributed by atoms with E-state index in [1.807, 2.05) is 6.07 Å². The zero-order valence-corrected chi connectivity index (χ0v) is 13.7. The van der Waals surface area contributed by atoms with Gasteiger partial charge in [-0.25, -0.2) is 4.39 Å². The maximum absolute atomic E-state index is 13.5. The predicted molar refractivity (Wildman–Crippen MR) is 91.4 cm³/mol. The van der Waals surface area contributed by atoms with E-state index in [4.69, 9.17) is 14.7 Å². The summed E-state index contributed by atoms with van der Waals surface area (Å²) in [5.41, 5.74) is 1.15. The third-order valence-corrected chi connectivity index (χ3v) is 3.32. The average molecular weight is 340 g/mol. The van der Waals surface area contributed by atoms with Crippen LogP contribution < -0.4 is 14.8 Å². The average Bonchev–Trinajstić information content (AvgIpc) is 2.64. The monoisotopic (exact) mass is 340 g/mol. The molecule has 1 amide bonds. The number of methoxy groups -OCH3 is 1. The molecule has 0 bridgehead atoms. The lowest BCUT2D eigenvalue weighted by atomic mass is 10.2. The van der Waals surface area contributed by atoms with Crippen LogP contribution in [0.1, 0.15) is 11.1 Å². The summed E-state index contributed by atoms with van der Waals surface area (Å²) in [6.45, 7) is 0.0318. The second-order valence-corrected chi connectivity index (χ2v) is 5.00. The first kappa shape index (κ1) is 18.0. The zero-order chi connectivity index (χ0) is 18.1. The van der Waals surface area contributed by atoms with Gasteiger partial charge in [-0.2, -0.15) is 5.26 Å². The van der Waals surface area contributed by atoms with Gasteiger partial charge in [0.25, 0.3) is 0 Å². The molecule has 5 nitrogen and oxygen atoms in total. The van der Waals surface area contributed by atoms with Gasteiger partial charge in [-0.05, 0) is 29.8 Å². The fourth-order valence-corrected chi connectivity index (χ4v) is 2.07. The fraction of sp³-hybridized carbons (Fsp3) is 0.158. The Morgan fingerprint density at radius 2 is 2.08 bits per heavy atom. The number of hydrogen-bond donors (Lipinski definition) is 1. The standard InChI is InChI=1S/C19H17FN2O3/c1-24-18-12-14(6-8-17(18)25-11-10-21)7-9-19(23)22-13-15-4-2-3-5-16(15)20/h2-9,12H,11,13H2,1H3,(H,22,23)/b9-7+. The number of carbonyl (C=O) groups excluding carboxylic acids is 1. The molecular formula is C19H17FN2O3. The van der Waals surface area contributed by atoms with E-state index in [1.165, 1.54) is 19.3 Å². The minimum Gasteiger partial charge on any atom is -0.493 e. The van der Waals surface area contributed by atoms with Crippen molar-refractivity contribution >= 4 is 12.0 Å². The summed E-state index contributed by atoms with van der Waals surface area (Å²) in [6, 6.07) is 13.2. The van der Waals surface area contributed by atoms with E-state index in [1.54, 1.807) is 42.5 Å². The van der Waals surface area contributed by atoms with Gasteiger partial charge in [-0.15, -0.1) is 0 Å². The Hall–Kier alpha value is -3.33. The molecular weight excluding hydrogens is 323 g/mol. The molecule has 2 aromatic carbocycles. The van der Waals surface area contributed by atoms with Crippen molar-refractivity contribution in [3.8, 4) is 17.6 Å². The molecule has 128 valence electrons. The normalized spacial score (nSPS) is 10.3. The number of nitriles is 1. The first-order valence-corrected chi connectivity index (χ1v) is 7.51. The number of nitrogens with zero attached hydrogens (tertiary/aromatic N) is 1. The van der Waals surface area contributed by atoms with Crippen molar-refractivity contribution in [1.29, 1.82) is 5.26 Å². The highest BCUT2D eigenvalue weighted by atomic mass is 19.1. The van der Waals surface area contributed by atoms with Gasteiger partial charge in [0, 0.05) is 18.2 Å². The largest absolute Gasteiger partial charge is 0.493 e. The van der Waals surface area contributed by atoms with Gasteiger partial charge in [-0.1, -0.05) is 24.3 Å². The molecule has 0 spiro atoms. The maximum Gasteiger partial charge on any atom is 0.244 e. The highest BCUT2D eigenvalue weighted by Gasteiger charge is 2.05. The Morgan fingerprint density at radius 1 is 1.28 bits per heavy atom. The van der Waals surface area contributed by atoms with Gasteiger partial charge in [0.1, 0.15) is 11.9 Å². The molecule has 0 aromatic heterocycles. The lowest BCUT2D eigenvalue weighted by molar-refractivity contribution is -0.116. The molecule has 2 rings (SSSR count). The third-order valence-electron chi connectivity index (χ3n) is 3.32. The fourth-order valence-electron chi connectivity index (χ4n) is 2.07. The molecule has 2 aromatic rings. The first-order valence-electron chi connectivity index (χ1n) is 7.51. The van der Waals surface area contributed by atoms with E-state index < -0.39 is 0 Å². The number of rotatable bonds is 7. The van der Waals surface area contributed by atoms with Crippen LogP contribution in [0.4, 0.5) is 4.39 Å². The Labute approximate surface area is 145 Å². The summed E-state index contributed by atoms with van der Waals surface area (Å²) >= 11 is 0. The third kappa shape index (κ3) is 5.36. The highest BCUT2D eigenvalue weighted by Crippen LogP contribution is 2.28. The van der Waals surface area contributed by atoms with Crippen molar-refractivity contribution < 1.29 is 18.7 Å². The molecule has 0 radical (unpaired) electrons. The second-order valence-electron chi connectivity index (χ2n) is 5.00. The topological polar surface area (TPSA) is 71.3 Å². The SMILES string of the molecule is COc1cc(/C=C/C(=O)NCc2ccccc2F)ccc1OCC#N. The predicted octanol–water partition coefficient (Wildman–Crippen LogP) is 3.07.